The summed E-state index contributed by atoms with van der Waals surface area (Å²) in [6.45, 7) is 0. The van der Waals surface area contributed by atoms with Crippen LogP contribution in [-0.2, 0) is 21.2 Å². The number of hydrogen-bond donors (Lipinski definition) is 2. The number of carbonyl (C=O) groups excluding carboxylic acids is 1. The van der Waals surface area contributed by atoms with Crippen LogP contribution in [0, 0.1) is 0 Å². The van der Waals surface area contributed by atoms with Crippen molar-refractivity contribution in [2.45, 2.75) is 17.4 Å². The molecule has 156 valence electrons. The van der Waals surface area contributed by atoms with Gasteiger partial charge in [0, 0.05) is 10.7 Å². The Bertz CT molecular complexity index is 1140. The fourth-order valence-electron chi connectivity index (χ4n) is 2.71. The summed E-state index contributed by atoms with van der Waals surface area (Å²) in [4.78, 5) is 12.9. The van der Waals surface area contributed by atoms with Crippen LogP contribution in [0.5, 0.6) is 0 Å². The fraction of sp³-hybridized carbons (Fsp3) is 0.0952. The van der Waals surface area contributed by atoms with Gasteiger partial charge in [-0.15, -0.1) is 0 Å². The molecule has 0 heterocycles. The summed E-state index contributed by atoms with van der Waals surface area (Å²) >= 11 is 17.7. The Morgan fingerprint density at radius 1 is 0.867 bits per heavy atom. The number of halogens is 3. The minimum Gasteiger partial charge on any atom is -0.325 e. The third-order valence-corrected chi connectivity index (χ3v) is 6.69. The lowest BCUT2D eigenvalue weighted by atomic mass is 10.1. The maximum Gasteiger partial charge on any atom is 0.242 e. The average Bonchev–Trinajstić information content (AvgIpc) is 2.71. The molecule has 1 atom stereocenters. The molecule has 9 heteroatoms. The van der Waals surface area contributed by atoms with Gasteiger partial charge in [-0.25, -0.2) is 8.42 Å². The van der Waals surface area contributed by atoms with Crippen LogP contribution in [0.1, 0.15) is 5.56 Å². The van der Waals surface area contributed by atoms with Crippen molar-refractivity contribution in [3.8, 4) is 0 Å². The molecule has 3 aromatic rings. The van der Waals surface area contributed by atoms with E-state index in [1.165, 1.54) is 30.3 Å². The van der Waals surface area contributed by atoms with Crippen molar-refractivity contribution in [1.29, 1.82) is 0 Å². The first-order valence-corrected chi connectivity index (χ1v) is 11.4. The first-order chi connectivity index (χ1) is 14.2. The molecule has 3 rings (SSSR count). The highest BCUT2D eigenvalue weighted by molar-refractivity contribution is 7.89. The molecular formula is C21H17Cl3N2O3S. The monoisotopic (exact) mass is 482 g/mol. The molecule has 0 saturated heterocycles. The average molecular weight is 484 g/mol. The van der Waals surface area contributed by atoms with Crippen molar-refractivity contribution in [2.75, 3.05) is 5.32 Å². The molecule has 0 fully saturated rings. The molecule has 0 unspecified atom stereocenters. The molecule has 0 aliphatic carbocycles. The third-order valence-electron chi connectivity index (χ3n) is 4.21. The van der Waals surface area contributed by atoms with Gasteiger partial charge in [-0.3, -0.25) is 4.79 Å². The summed E-state index contributed by atoms with van der Waals surface area (Å²) in [5.41, 5.74) is 1.20. The van der Waals surface area contributed by atoms with Crippen LogP contribution in [-0.4, -0.2) is 20.4 Å². The van der Waals surface area contributed by atoms with Crippen molar-refractivity contribution in [1.82, 2.24) is 4.72 Å². The quantitative estimate of drug-likeness (QED) is 0.486. The number of nitrogens with one attached hydrogen (secondary N) is 2. The SMILES string of the molecule is O=C(Nc1ccc(Cl)c(Cl)c1)[C@@H](Cc1ccccc1)NS(=O)(=O)c1ccc(Cl)cc1. The van der Waals surface area contributed by atoms with Crippen molar-refractivity contribution in [3.05, 3.63) is 93.4 Å². The number of hydrogen-bond acceptors (Lipinski definition) is 3. The summed E-state index contributed by atoms with van der Waals surface area (Å²) in [7, 11) is -3.97. The summed E-state index contributed by atoms with van der Waals surface area (Å²) < 4.78 is 28.1. The Morgan fingerprint density at radius 2 is 1.53 bits per heavy atom. The second-order valence-electron chi connectivity index (χ2n) is 6.44. The van der Waals surface area contributed by atoms with E-state index >= 15 is 0 Å². The molecular weight excluding hydrogens is 467 g/mol. The molecule has 3 aromatic carbocycles. The van der Waals surface area contributed by atoms with Gasteiger partial charge in [0.05, 0.1) is 14.9 Å². The highest BCUT2D eigenvalue weighted by Gasteiger charge is 2.26. The standard InChI is InChI=1S/C21H17Cl3N2O3S/c22-15-6-9-17(10-7-15)30(28,29)26-20(12-14-4-2-1-3-5-14)21(27)25-16-8-11-18(23)19(24)13-16/h1-11,13,20,26H,12H2,(H,25,27)/t20-/m1/s1. The highest BCUT2D eigenvalue weighted by atomic mass is 35.5. The summed E-state index contributed by atoms with van der Waals surface area (Å²) in [5, 5.41) is 3.71. The van der Waals surface area contributed by atoms with Crippen LogP contribution in [0.4, 0.5) is 5.69 Å². The van der Waals surface area contributed by atoms with Crippen molar-refractivity contribution in [2.24, 2.45) is 0 Å². The van der Waals surface area contributed by atoms with Crippen LogP contribution >= 0.6 is 34.8 Å². The largest absolute Gasteiger partial charge is 0.325 e. The highest BCUT2D eigenvalue weighted by Crippen LogP contribution is 2.25. The minimum atomic E-state index is -3.97. The Kier molecular flexibility index (Phi) is 7.39. The van der Waals surface area contributed by atoms with Gasteiger partial charge in [0.2, 0.25) is 15.9 Å². The van der Waals surface area contributed by atoms with E-state index in [4.69, 9.17) is 34.8 Å². The molecule has 0 saturated carbocycles. The van der Waals surface area contributed by atoms with Gasteiger partial charge >= 0.3 is 0 Å². The predicted molar refractivity (Wildman–Crippen MR) is 121 cm³/mol. The molecule has 0 aliphatic heterocycles. The van der Waals surface area contributed by atoms with Crippen LogP contribution in [0.2, 0.25) is 15.1 Å². The number of sulfonamides is 1. The Morgan fingerprint density at radius 3 is 2.17 bits per heavy atom. The summed E-state index contributed by atoms with van der Waals surface area (Å²) in [6, 6.07) is 18.4. The molecule has 2 N–H and O–H groups in total. The second kappa shape index (κ2) is 9.81. The van der Waals surface area contributed by atoms with E-state index in [0.29, 0.717) is 15.7 Å². The Balaban J connectivity index is 1.86. The first-order valence-electron chi connectivity index (χ1n) is 8.82. The zero-order chi connectivity index (χ0) is 21.7. The zero-order valence-corrected chi connectivity index (χ0v) is 18.6. The van der Waals surface area contributed by atoms with E-state index in [-0.39, 0.29) is 16.3 Å². The Hall–Kier alpha value is -2.09. The van der Waals surface area contributed by atoms with E-state index in [2.05, 4.69) is 10.0 Å². The molecule has 30 heavy (non-hydrogen) atoms. The molecule has 0 spiro atoms. The van der Waals surface area contributed by atoms with E-state index in [1.54, 1.807) is 12.1 Å². The number of benzene rings is 3. The van der Waals surface area contributed by atoms with E-state index in [9.17, 15) is 13.2 Å². The molecule has 0 aliphatic rings. The molecule has 0 aromatic heterocycles. The lowest BCUT2D eigenvalue weighted by molar-refractivity contribution is -0.117. The van der Waals surface area contributed by atoms with Crippen LogP contribution in [0.25, 0.3) is 0 Å². The van der Waals surface area contributed by atoms with Crippen LogP contribution in [0.3, 0.4) is 0 Å². The number of amides is 1. The van der Waals surface area contributed by atoms with E-state index in [1.807, 2.05) is 30.3 Å². The maximum absolute atomic E-state index is 12.9. The third kappa shape index (κ3) is 5.97. The van der Waals surface area contributed by atoms with Crippen molar-refractivity contribution in [3.63, 3.8) is 0 Å². The van der Waals surface area contributed by atoms with E-state index in [0.717, 1.165) is 5.56 Å². The minimum absolute atomic E-state index is 0.00676. The maximum atomic E-state index is 12.9. The second-order valence-corrected chi connectivity index (χ2v) is 9.40. The molecule has 0 radical (unpaired) electrons. The normalized spacial score (nSPS) is 12.4. The molecule has 0 bridgehead atoms. The van der Waals surface area contributed by atoms with Crippen molar-refractivity contribution < 1.29 is 13.2 Å². The summed E-state index contributed by atoms with van der Waals surface area (Å²) in [6.07, 6.45) is 0.154. The van der Waals surface area contributed by atoms with E-state index < -0.39 is 22.0 Å². The zero-order valence-electron chi connectivity index (χ0n) is 15.5. The number of rotatable bonds is 7. The lowest BCUT2D eigenvalue weighted by Crippen LogP contribution is -2.45. The first kappa shape index (κ1) is 22.6. The van der Waals surface area contributed by atoms with Gasteiger partial charge in [-0.2, -0.15) is 4.72 Å². The number of anilines is 1. The number of carbonyl (C=O) groups is 1. The van der Waals surface area contributed by atoms with Gasteiger partial charge in [0.15, 0.2) is 0 Å². The smallest absolute Gasteiger partial charge is 0.242 e. The topological polar surface area (TPSA) is 75.3 Å². The Labute approximate surface area is 190 Å². The van der Waals surface area contributed by atoms with Gasteiger partial charge < -0.3 is 5.32 Å². The van der Waals surface area contributed by atoms with Gasteiger partial charge in [0.1, 0.15) is 6.04 Å². The predicted octanol–water partition coefficient (Wildman–Crippen LogP) is 5.18. The van der Waals surface area contributed by atoms with Gasteiger partial charge in [-0.05, 0) is 54.4 Å². The fourth-order valence-corrected chi connectivity index (χ4v) is 4.33. The lowest BCUT2D eigenvalue weighted by Gasteiger charge is -2.19. The summed E-state index contributed by atoms with van der Waals surface area (Å²) in [5.74, 6) is -0.533. The van der Waals surface area contributed by atoms with Gasteiger partial charge in [-0.1, -0.05) is 65.1 Å². The van der Waals surface area contributed by atoms with Gasteiger partial charge in [0.25, 0.3) is 0 Å². The van der Waals surface area contributed by atoms with Crippen LogP contribution in [0.15, 0.2) is 77.7 Å². The van der Waals surface area contributed by atoms with Crippen molar-refractivity contribution >= 4 is 56.4 Å². The van der Waals surface area contributed by atoms with Crippen LogP contribution < -0.4 is 10.0 Å². The molecule has 1 amide bonds. The molecule has 5 nitrogen and oxygen atoms in total.